The van der Waals surface area contributed by atoms with Gasteiger partial charge in [0.1, 0.15) is 11.5 Å². The average molecular weight is 236 g/mol. The minimum absolute atomic E-state index is 0.245. The molecule has 0 heterocycles. The zero-order chi connectivity index (χ0) is 12.4. The number of carbonyl (C=O) groups is 1. The van der Waals surface area contributed by atoms with E-state index in [0.29, 0.717) is 11.5 Å². The molecule has 0 bridgehead atoms. The van der Waals surface area contributed by atoms with Gasteiger partial charge in [-0.3, -0.25) is 4.79 Å². The summed E-state index contributed by atoms with van der Waals surface area (Å²) in [6, 6.07) is 5.29. The van der Waals surface area contributed by atoms with E-state index in [4.69, 9.17) is 9.47 Å². The average Bonchev–Trinajstić information content (AvgIpc) is 3.13. The third-order valence-corrected chi connectivity index (χ3v) is 3.14. The number of hydrogen-bond donors (Lipinski definition) is 1. The molecule has 2 rings (SSSR count). The molecule has 0 saturated heterocycles. The van der Waals surface area contributed by atoms with Crippen LogP contribution < -0.4 is 9.47 Å². The van der Waals surface area contributed by atoms with Crippen LogP contribution in [-0.2, 0) is 4.79 Å². The summed E-state index contributed by atoms with van der Waals surface area (Å²) in [7, 11) is 3.12. The standard InChI is InChI=1S/C13H16O4/c1-16-9-5-6-10(11(7-9)17-2)12(13(14)15)8-3-4-8/h5-8,12H,3-4H2,1-2H3,(H,14,15). The van der Waals surface area contributed by atoms with Crippen molar-refractivity contribution in [3.8, 4) is 11.5 Å². The lowest BCUT2D eigenvalue weighted by atomic mass is 9.93. The molecule has 1 fully saturated rings. The third kappa shape index (κ3) is 2.35. The summed E-state index contributed by atoms with van der Waals surface area (Å²) in [4.78, 5) is 11.3. The van der Waals surface area contributed by atoms with E-state index in [1.54, 1.807) is 32.4 Å². The van der Waals surface area contributed by atoms with Gasteiger partial charge in [-0.15, -0.1) is 0 Å². The fourth-order valence-electron chi connectivity index (χ4n) is 2.09. The summed E-state index contributed by atoms with van der Waals surface area (Å²) < 4.78 is 10.4. The lowest BCUT2D eigenvalue weighted by Crippen LogP contribution is -2.14. The number of hydrogen-bond acceptors (Lipinski definition) is 3. The largest absolute Gasteiger partial charge is 0.497 e. The highest BCUT2D eigenvalue weighted by Gasteiger charge is 2.38. The van der Waals surface area contributed by atoms with E-state index in [0.717, 1.165) is 18.4 Å². The highest BCUT2D eigenvalue weighted by atomic mass is 16.5. The van der Waals surface area contributed by atoms with Crippen molar-refractivity contribution < 1.29 is 19.4 Å². The predicted octanol–water partition coefficient (Wildman–Crippen LogP) is 2.28. The van der Waals surface area contributed by atoms with Crippen LogP contribution in [0.3, 0.4) is 0 Å². The lowest BCUT2D eigenvalue weighted by Gasteiger charge is -2.16. The van der Waals surface area contributed by atoms with Crippen LogP contribution in [0.5, 0.6) is 11.5 Å². The van der Waals surface area contributed by atoms with Crippen LogP contribution in [0.4, 0.5) is 0 Å². The maximum absolute atomic E-state index is 11.3. The van der Waals surface area contributed by atoms with Crippen LogP contribution in [-0.4, -0.2) is 25.3 Å². The Bertz CT molecular complexity index is 423. The van der Waals surface area contributed by atoms with E-state index in [2.05, 4.69) is 0 Å². The second-order valence-corrected chi connectivity index (χ2v) is 4.26. The fraction of sp³-hybridized carbons (Fsp3) is 0.462. The molecule has 0 aliphatic heterocycles. The number of carboxylic acids is 1. The Morgan fingerprint density at radius 3 is 2.53 bits per heavy atom. The van der Waals surface area contributed by atoms with Gasteiger partial charge in [0.2, 0.25) is 0 Å². The molecule has 4 heteroatoms. The van der Waals surface area contributed by atoms with Gasteiger partial charge in [-0.25, -0.2) is 0 Å². The van der Waals surface area contributed by atoms with Crippen LogP contribution >= 0.6 is 0 Å². The van der Waals surface area contributed by atoms with Gasteiger partial charge in [-0.1, -0.05) is 6.07 Å². The van der Waals surface area contributed by atoms with E-state index >= 15 is 0 Å². The summed E-state index contributed by atoms with van der Waals surface area (Å²) in [5.41, 5.74) is 0.739. The van der Waals surface area contributed by atoms with Gasteiger partial charge in [-0.05, 0) is 24.8 Å². The fourth-order valence-corrected chi connectivity index (χ4v) is 2.09. The molecular formula is C13H16O4. The highest BCUT2D eigenvalue weighted by molar-refractivity contribution is 5.78. The Balaban J connectivity index is 2.38. The second kappa shape index (κ2) is 4.65. The number of methoxy groups -OCH3 is 2. The molecule has 17 heavy (non-hydrogen) atoms. The van der Waals surface area contributed by atoms with Crippen molar-refractivity contribution in [3.63, 3.8) is 0 Å². The predicted molar refractivity (Wildman–Crippen MR) is 62.6 cm³/mol. The van der Waals surface area contributed by atoms with Crippen molar-refractivity contribution in [3.05, 3.63) is 23.8 Å². The first kappa shape index (κ1) is 11.8. The van der Waals surface area contributed by atoms with E-state index in [-0.39, 0.29) is 5.92 Å². The SMILES string of the molecule is COc1ccc(C(C(=O)O)C2CC2)c(OC)c1. The van der Waals surface area contributed by atoms with Crippen molar-refractivity contribution in [2.75, 3.05) is 14.2 Å². The number of benzene rings is 1. The monoisotopic (exact) mass is 236 g/mol. The minimum Gasteiger partial charge on any atom is -0.497 e. The summed E-state index contributed by atoms with van der Waals surface area (Å²) in [5.74, 6) is 0.260. The van der Waals surface area contributed by atoms with Crippen molar-refractivity contribution in [2.24, 2.45) is 5.92 Å². The maximum atomic E-state index is 11.3. The highest BCUT2D eigenvalue weighted by Crippen LogP contribution is 2.45. The maximum Gasteiger partial charge on any atom is 0.311 e. The molecule has 1 aromatic rings. The molecule has 0 radical (unpaired) electrons. The Labute approximate surface area is 100 Å². The number of aliphatic carboxylic acids is 1. The molecule has 92 valence electrons. The van der Waals surface area contributed by atoms with E-state index in [1.807, 2.05) is 0 Å². The number of rotatable bonds is 5. The van der Waals surface area contributed by atoms with Gasteiger partial charge in [0.15, 0.2) is 0 Å². The lowest BCUT2D eigenvalue weighted by molar-refractivity contribution is -0.139. The normalized spacial score (nSPS) is 16.4. The van der Waals surface area contributed by atoms with Crippen LogP contribution in [0.2, 0.25) is 0 Å². The Morgan fingerprint density at radius 2 is 2.06 bits per heavy atom. The van der Waals surface area contributed by atoms with Crippen LogP contribution in [0, 0.1) is 5.92 Å². The Morgan fingerprint density at radius 1 is 1.35 bits per heavy atom. The molecule has 1 aromatic carbocycles. The van der Waals surface area contributed by atoms with Gasteiger partial charge < -0.3 is 14.6 Å². The van der Waals surface area contributed by atoms with E-state index < -0.39 is 11.9 Å². The van der Waals surface area contributed by atoms with Crippen LogP contribution in [0.25, 0.3) is 0 Å². The van der Waals surface area contributed by atoms with Crippen LogP contribution in [0.15, 0.2) is 18.2 Å². The molecule has 1 aliphatic carbocycles. The minimum atomic E-state index is -0.782. The van der Waals surface area contributed by atoms with Gasteiger partial charge in [-0.2, -0.15) is 0 Å². The molecule has 0 amide bonds. The topological polar surface area (TPSA) is 55.8 Å². The first-order chi connectivity index (χ1) is 8.17. The zero-order valence-electron chi connectivity index (χ0n) is 9.97. The third-order valence-electron chi connectivity index (χ3n) is 3.14. The molecule has 1 N–H and O–H groups in total. The first-order valence-corrected chi connectivity index (χ1v) is 5.62. The summed E-state index contributed by atoms with van der Waals surface area (Å²) in [5, 5.41) is 9.30. The van der Waals surface area contributed by atoms with Crippen LogP contribution in [0.1, 0.15) is 24.3 Å². The zero-order valence-corrected chi connectivity index (χ0v) is 9.97. The molecular weight excluding hydrogens is 220 g/mol. The molecule has 1 atom stereocenters. The number of carboxylic acid groups (broad SMARTS) is 1. The Kier molecular flexibility index (Phi) is 3.22. The summed E-state index contributed by atoms with van der Waals surface area (Å²) >= 11 is 0. The second-order valence-electron chi connectivity index (χ2n) is 4.26. The quantitative estimate of drug-likeness (QED) is 0.852. The van der Waals surface area contributed by atoms with Crippen molar-refractivity contribution >= 4 is 5.97 Å². The van der Waals surface area contributed by atoms with Crippen molar-refractivity contribution in [2.45, 2.75) is 18.8 Å². The summed E-state index contributed by atoms with van der Waals surface area (Å²) in [6.07, 6.45) is 1.96. The van der Waals surface area contributed by atoms with Crippen molar-refractivity contribution in [1.82, 2.24) is 0 Å². The van der Waals surface area contributed by atoms with E-state index in [9.17, 15) is 9.90 Å². The summed E-state index contributed by atoms with van der Waals surface area (Å²) in [6.45, 7) is 0. The van der Waals surface area contributed by atoms with Gasteiger partial charge in [0, 0.05) is 11.6 Å². The molecule has 1 unspecified atom stereocenters. The van der Waals surface area contributed by atoms with Gasteiger partial charge in [0.05, 0.1) is 20.1 Å². The van der Waals surface area contributed by atoms with Crippen molar-refractivity contribution in [1.29, 1.82) is 0 Å². The van der Waals surface area contributed by atoms with Gasteiger partial charge in [0.25, 0.3) is 0 Å². The number of ether oxygens (including phenoxy) is 2. The molecule has 1 aliphatic rings. The van der Waals surface area contributed by atoms with E-state index in [1.165, 1.54) is 0 Å². The smallest absolute Gasteiger partial charge is 0.311 e. The molecule has 0 aromatic heterocycles. The first-order valence-electron chi connectivity index (χ1n) is 5.62. The molecule has 1 saturated carbocycles. The molecule has 0 spiro atoms. The van der Waals surface area contributed by atoms with Gasteiger partial charge >= 0.3 is 5.97 Å². The Hall–Kier alpha value is -1.71. The molecule has 4 nitrogen and oxygen atoms in total.